The van der Waals surface area contributed by atoms with Crippen LogP contribution in [0, 0.1) is 0 Å². The number of Topliss-reactive ketones (excluding diaryl/α,β-unsaturated/α-hetero) is 1. The summed E-state index contributed by atoms with van der Waals surface area (Å²) in [5.41, 5.74) is 0.768. The fourth-order valence-electron chi connectivity index (χ4n) is 2.05. The summed E-state index contributed by atoms with van der Waals surface area (Å²) in [6.45, 7) is -0.695. The highest BCUT2D eigenvalue weighted by Gasteiger charge is 2.22. The van der Waals surface area contributed by atoms with Crippen molar-refractivity contribution >= 4 is 23.3 Å². The fourth-order valence-corrected chi connectivity index (χ4v) is 2.24. The summed E-state index contributed by atoms with van der Waals surface area (Å²) < 4.78 is 12.7. The van der Waals surface area contributed by atoms with Crippen LogP contribution in [0.3, 0.4) is 0 Å². The molecule has 1 unspecified atom stereocenters. The lowest BCUT2D eigenvalue weighted by Gasteiger charge is -2.16. The molecule has 0 aliphatic heterocycles. The number of alkyl halides is 1. The van der Waals surface area contributed by atoms with Crippen molar-refractivity contribution in [1.82, 2.24) is 5.32 Å². The summed E-state index contributed by atoms with van der Waals surface area (Å²) >= 11 is 5.84. The molecule has 0 fully saturated rings. The van der Waals surface area contributed by atoms with E-state index in [0.29, 0.717) is 16.1 Å². The van der Waals surface area contributed by atoms with E-state index in [1.54, 1.807) is 48.5 Å². The maximum atomic E-state index is 12.7. The Morgan fingerprint density at radius 2 is 1.73 bits per heavy atom. The second-order valence-corrected chi connectivity index (χ2v) is 5.18. The minimum absolute atomic E-state index is 0.0694. The third-order valence-electron chi connectivity index (χ3n) is 3.16. The second-order valence-electron chi connectivity index (χ2n) is 4.74. The first-order chi connectivity index (χ1) is 10.6. The Hall–Kier alpha value is -2.20. The van der Waals surface area contributed by atoms with Gasteiger partial charge in [-0.1, -0.05) is 48.0 Å². The molecule has 5 heteroatoms. The van der Waals surface area contributed by atoms with Crippen molar-refractivity contribution in [3.63, 3.8) is 0 Å². The molecular weight excluding hydrogens is 305 g/mol. The number of hydrogen-bond donors (Lipinski definition) is 1. The van der Waals surface area contributed by atoms with Crippen molar-refractivity contribution in [1.29, 1.82) is 0 Å². The van der Waals surface area contributed by atoms with E-state index in [4.69, 9.17) is 11.6 Å². The first-order valence-electron chi connectivity index (χ1n) is 6.83. The summed E-state index contributed by atoms with van der Waals surface area (Å²) in [4.78, 5) is 24.5. The SMILES string of the molecule is O=C(NC(CCF)C(=O)c1ccccc1)c1cccc(Cl)c1. The minimum atomic E-state index is -0.904. The number of benzene rings is 2. The number of hydrogen-bond acceptors (Lipinski definition) is 2. The molecule has 3 nitrogen and oxygen atoms in total. The molecule has 0 spiro atoms. The molecule has 1 atom stereocenters. The molecule has 2 rings (SSSR count). The molecular formula is C17H15ClFNO2. The van der Waals surface area contributed by atoms with E-state index in [-0.39, 0.29) is 12.2 Å². The zero-order valence-electron chi connectivity index (χ0n) is 11.8. The molecule has 114 valence electrons. The van der Waals surface area contributed by atoms with Crippen LogP contribution in [0.5, 0.6) is 0 Å². The Balaban J connectivity index is 2.15. The second kappa shape index (κ2) is 7.71. The molecule has 1 N–H and O–H groups in total. The molecule has 0 aliphatic carbocycles. The predicted molar refractivity (Wildman–Crippen MR) is 84.1 cm³/mol. The van der Waals surface area contributed by atoms with Crippen LogP contribution >= 0.6 is 11.6 Å². The Kier molecular flexibility index (Phi) is 5.67. The quantitative estimate of drug-likeness (QED) is 0.826. The predicted octanol–water partition coefficient (Wildman–Crippen LogP) is 3.68. The van der Waals surface area contributed by atoms with Crippen molar-refractivity contribution in [2.75, 3.05) is 6.67 Å². The molecule has 2 aromatic carbocycles. The maximum Gasteiger partial charge on any atom is 0.251 e. The van der Waals surface area contributed by atoms with Gasteiger partial charge in [0.1, 0.15) is 0 Å². The molecule has 0 heterocycles. The van der Waals surface area contributed by atoms with E-state index in [9.17, 15) is 14.0 Å². The lowest BCUT2D eigenvalue weighted by atomic mass is 10.0. The van der Waals surface area contributed by atoms with Gasteiger partial charge in [0.25, 0.3) is 5.91 Å². The zero-order valence-corrected chi connectivity index (χ0v) is 12.5. The number of rotatable bonds is 6. The fraction of sp³-hybridized carbons (Fsp3) is 0.176. The maximum absolute atomic E-state index is 12.7. The van der Waals surface area contributed by atoms with E-state index >= 15 is 0 Å². The first kappa shape index (κ1) is 16.2. The van der Waals surface area contributed by atoms with Gasteiger partial charge in [0.05, 0.1) is 12.7 Å². The van der Waals surface area contributed by atoms with E-state index in [2.05, 4.69) is 5.32 Å². The molecule has 22 heavy (non-hydrogen) atoms. The van der Waals surface area contributed by atoms with Gasteiger partial charge < -0.3 is 5.32 Å². The van der Waals surface area contributed by atoms with Crippen LogP contribution in [-0.2, 0) is 0 Å². The van der Waals surface area contributed by atoms with Crippen molar-refractivity contribution in [3.05, 3.63) is 70.7 Å². The summed E-state index contributed by atoms with van der Waals surface area (Å²) in [5, 5.41) is 2.99. The van der Waals surface area contributed by atoms with Crippen molar-refractivity contribution in [2.45, 2.75) is 12.5 Å². The third kappa shape index (κ3) is 4.15. The van der Waals surface area contributed by atoms with Gasteiger partial charge in [0.2, 0.25) is 0 Å². The number of amides is 1. The smallest absolute Gasteiger partial charge is 0.251 e. The highest BCUT2D eigenvalue weighted by molar-refractivity contribution is 6.31. The standard InChI is InChI=1S/C17H15ClFNO2/c18-14-8-4-7-13(11-14)17(22)20-15(9-10-19)16(21)12-5-2-1-3-6-12/h1-8,11,15H,9-10H2,(H,20,22). The van der Waals surface area contributed by atoms with Crippen LogP contribution in [0.15, 0.2) is 54.6 Å². The summed E-state index contributed by atoms with van der Waals surface area (Å²) in [5.74, 6) is -0.765. The highest BCUT2D eigenvalue weighted by Crippen LogP contribution is 2.12. The highest BCUT2D eigenvalue weighted by atomic mass is 35.5. The summed E-state index contributed by atoms with van der Waals surface area (Å²) in [6, 6.07) is 14.0. The Morgan fingerprint density at radius 1 is 1.05 bits per heavy atom. The van der Waals surface area contributed by atoms with Crippen LogP contribution < -0.4 is 5.32 Å². The van der Waals surface area contributed by atoms with Crippen molar-refractivity contribution < 1.29 is 14.0 Å². The number of nitrogens with one attached hydrogen (secondary N) is 1. The van der Waals surface area contributed by atoms with Gasteiger partial charge >= 0.3 is 0 Å². The summed E-state index contributed by atoms with van der Waals surface area (Å²) in [7, 11) is 0. The summed E-state index contributed by atoms with van der Waals surface area (Å²) in [6.07, 6.45) is -0.0694. The lowest BCUT2D eigenvalue weighted by molar-refractivity contribution is 0.0848. The molecule has 0 saturated heterocycles. The first-order valence-corrected chi connectivity index (χ1v) is 7.21. The molecule has 2 aromatic rings. The molecule has 0 radical (unpaired) electrons. The zero-order chi connectivity index (χ0) is 15.9. The topological polar surface area (TPSA) is 46.2 Å². The molecule has 0 saturated carbocycles. The third-order valence-corrected chi connectivity index (χ3v) is 3.40. The number of halogens is 2. The van der Waals surface area contributed by atoms with Crippen LogP contribution in [0.1, 0.15) is 27.1 Å². The van der Waals surface area contributed by atoms with Crippen LogP contribution in [0.2, 0.25) is 5.02 Å². The van der Waals surface area contributed by atoms with Gasteiger partial charge in [-0.25, -0.2) is 0 Å². The molecule has 0 bridgehead atoms. The number of carbonyl (C=O) groups is 2. The van der Waals surface area contributed by atoms with Crippen LogP contribution in [-0.4, -0.2) is 24.4 Å². The van der Waals surface area contributed by atoms with Gasteiger partial charge in [-0.2, -0.15) is 0 Å². The van der Waals surface area contributed by atoms with E-state index < -0.39 is 18.6 Å². The Bertz CT molecular complexity index is 661. The van der Waals surface area contributed by atoms with E-state index in [0.717, 1.165) is 0 Å². The van der Waals surface area contributed by atoms with Gasteiger partial charge in [-0.15, -0.1) is 0 Å². The van der Waals surface area contributed by atoms with Gasteiger partial charge in [-0.05, 0) is 18.2 Å². The molecule has 0 aliphatic rings. The monoisotopic (exact) mass is 319 g/mol. The molecule has 0 aromatic heterocycles. The number of ketones is 1. The average Bonchev–Trinajstić information content (AvgIpc) is 2.54. The van der Waals surface area contributed by atoms with Crippen LogP contribution in [0.25, 0.3) is 0 Å². The van der Waals surface area contributed by atoms with E-state index in [1.165, 1.54) is 6.07 Å². The van der Waals surface area contributed by atoms with Crippen molar-refractivity contribution in [2.24, 2.45) is 0 Å². The Labute approximate surface area is 133 Å². The largest absolute Gasteiger partial charge is 0.342 e. The Morgan fingerprint density at radius 3 is 2.36 bits per heavy atom. The normalized spacial score (nSPS) is 11.7. The van der Waals surface area contributed by atoms with Gasteiger partial charge in [0, 0.05) is 22.6 Å². The lowest BCUT2D eigenvalue weighted by Crippen LogP contribution is -2.41. The van der Waals surface area contributed by atoms with Gasteiger partial charge in [0.15, 0.2) is 5.78 Å². The molecule has 1 amide bonds. The number of carbonyl (C=O) groups excluding carboxylic acids is 2. The van der Waals surface area contributed by atoms with Crippen LogP contribution in [0.4, 0.5) is 4.39 Å². The minimum Gasteiger partial charge on any atom is -0.342 e. The van der Waals surface area contributed by atoms with Gasteiger partial charge in [-0.3, -0.25) is 14.0 Å². The van der Waals surface area contributed by atoms with Crippen molar-refractivity contribution in [3.8, 4) is 0 Å². The average molecular weight is 320 g/mol. The van der Waals surface area contributed by atoms with E-state index in [1.807, 2.05) is 0 Å².